The van der Waals surface area contributed by atoms with Crippen LogP contribution in [0.15, 0.2) is 352 Å². The molecule has 0 atom stereocenters. The summed E-state index contributed by atoms with van der Waals surface area (Å²) in [6.45, 7) is 0. The molecule has 0 aliphatic rings. The maximum absolute atomic E-state index is 5.05. The summed E-state index contributed by atoms with van der Waals surface area (Å²) in [5.41, 5.74) is 19.3. The second-order valence-corrected chi connectivity index (χ2v) is 31.7. The van der Waals surface area contributed by atoms with Gasteiger partial charge in [0.1, 0.15) is 5.65 Å². The van der Waals surface area contributed by atoms with Gasteiger partial charge >= 0.3 is 0 Å². The summed E-state index contributed by atoms with van der Waals surface area (Å²) in [6, 6.07) is 122. The largest absolute Gasteiger partial charge is 0.306 e. The smallest absolute Gasteiger partial charge is 0.230 e. The molecule has 0 saturated carbocycles. The molecule has 0 aliphatic carbocycles. The lowest BCUT2D eigenvalue weighted by Crippen LogP contribution is -2.66. The predicted molar refractivity (Wildman–Crippen MR) is 408 cm³/mol. The third kappa shape index (κ3) is 8.93. The minimum Gasteiger partial charge on any atom is -0.306 e. The average Bonchev–Trinajstić information content (AvgIpc) is 1.42. The summed E-state index contributed by atoms with van der Waals surface area (Å²) < 4.78 is 4.78. The van der Waals surface area contributed by atoms with E-state index in [0.717, 1.165) is 104 Å². The van der Waals surface area contributed by atoms with Crippen LogP contribution in [-0.2, 0) is 0 Å². The fourth-order valence-corrected chi connectivity index (χ4v) is 23.0. The Bertz CT molecular complexity index is 5520. The molecular formula is C90H58N4Si2. The van der Waals surface area contributed by atoms with Crippen LogP contribution in [0.1, 0.15) is 11.1 Å². The van der Waals surface area contributed by atoms with Gasteiger partial charge in [0, 0.05) is 88.2 Å². The summed E-state index contributed by atoms with van der Waals surface area (Å²) >= 11 is 0. The topological polar surface area (TPSA) is 35.6 Å². The van der Waals surface area contributed by atoms with Crippen molar-refractivity contribution in [3.05, 3.63) is 363 Å². The highest BCUT2D eigenvalue weighted by atomic mass is 28.3. The van der Waals surface area contributed by atoms with Crippen LogP contribution in [0, 0.1) is 22.9 Å². The maximum atomic E-state index is 5.05. The van der Waals surface area contributed by atoms with E-state index in [1.165, 1.54) is 47.3 Å². The van der Waals surface area contributed by atoms with Crippen LogP contribution in [0.3, 0.4) is 0 Å². The maximum Gasteiger partial charge on any atom is 0.230 e. The average molecular weight is 1250 g/mol. The fraction of sp³-hybridized carbons (Fsp3) is 0. The van der Waals surface area contributed by atoms with E-state index < -0.39 is 16.1 Å². The Morgan fingerprint density at radius 1 is 0.240 bits per heavy atom. The zero-order valence-electron chi connectivity index (χ0n) is 52.3. The predicted octanol–water partition coefficient (Wildman–Crippen LogP) is 17.1. The van der Waals surface area contributed by atoms with Crippen molar-refractivity contribution in [2.24, 2.45) is 0 Å². The zero-order valence-corrected chi connectivity index (χ0v) is 54.3. The molecule has 0 amide bonds. The van der Waals surface area contributed by atoms with Crippen molar-refractivity contribution in [2.45, 2.75) is 0 Å². The van der Waals surface area contributed by atoms with Crippen molar-refractivity contribution < 1.29 is 0 Å². The highest BCUT2D eigenvalue weighted by molar-refractivity contribution is 7.17. The number of nitrogens with zero attached hydrogens (tertiary/aromatic N) is 4. The van der Waals surface area contributed by atoms with Gasteiger partial charge in [0.25, 0.3) is 0 Å². The van der Waals surface area contributed by atoms with Crippen LogP contribution in [0.2, 0.25) is 0 Å². The third-order valence-corrected chi connectivity index (χ3v) is 27.9. The molecule has 0 bridgehead atoms. The SMILES string of the molecule is C(#C[Si](c1ccccc1)(c1ccccc1)c1ccc(-c2ccc([Si](C#Cc3c4ccccc4c(-n4c5ccccc5c5cccnc54)c4ccccc34)(c3ccccc3)c3ccccc3)cc2)cc1)c1c2ccccc2c(-n2c3ccccc3c3ccncc32)c2ccccc12. The second-order valence-electron chi connectivity index (χ2n) is 24.7. The van der Waals surface area contributed by atoms with Gasteiger partial charge in [-0.3, -0.25) is 9.55 Å². The van der Waals surface area contributed by atoms with Gasteiger partial charge in [-0.05, 0) is 72.6 Å². The molecule has 18 rings (SSSR count). The van der Waals surface area contributed by atoms with Crippen LogP contribution in [0.25, 0.3) is 109 Å². The first kappa shape index (κ1) is 56.3. The number of hydrogen-bond acceptors (Lipinski definition) is 2. The quantitative estimate of drug-likeness (QED) is 0.0625. The fourth-order valence-electron chi connectivity index (χ4n) is 15.4. The molecule has 0 radical (unpaired) electrons. The van der Waals surface area contributed by atoms with Crippen LogP contribution in [0.4, 0.5) is 0 Å². The van der Waals surface area contributed by atoms with Gasteiger partial charge in [-0.25, -0.2) is 4.98 Å². The van der Waals surface area contributed by atoms with Gasteiger partial charge < -0.3 is 4.57 Å². The minimum atomic E-state index is -3.15. The van der Waals surface area contributed by atoms with E-state index in [0.29, 0.717) is 0 Å². The molecule has 446 valence electrons. The first-order chi connectivity index (χ1) is 47.7. The number of aromatic nitrogens is 4. The standard InChI is InChI=1S/C90H58N4Si2/c1-5-26-65(27-6-1)95(66-28-7-2-8-29-66,60-56-75-71-34-13-17-40-80(71)88(81-41-18-14-35-72(75)81)93-85-45-23-21-38-77(85)79-55-59-91-62-87(79)93)69-51-47-63(48-52-69)64-49-53-70(54-50-64)96(67-30-9-3-10-31-67,68-32-11-4-12-33-68)61-57-76-73-36-15-19-42-82(73)89(83-43-20-16-37-74(76)83)94-86-46-24-22-39-78(86)84-44-25-58-92-90(84)94/h1-55,58-59,62H. The molecule has 6 heteroatoms. The van der Waals surface area contributed by atoms with Gasteiger partial charge in [0.05, 0.1) is 34.1 Å². The lowest BCUT2D eigenvalue weighted by Gasteiger charge is -2.29. The van der Waals surface area contributed by atoms with Crippen LogP contribution >= 0.6 is 0 Å². The van der Waals surface area contributed by atoms with Gasteiger partial charge in [0.15, 0.2) is 0 Å². The van der Waals surface area contributed by atoms with E-state index in [1.54, 1.807) is 0 Å². The molecule has 0 saturated heterocycles. The Kier molecular flexibility index (Phi) is 13.7. The molecule has 18 aromatic rings. The van der Waals surface area contributed by atoms with E-state index in [4.69, 9.17) is 4.98 Å². The zero-order chi connectivity index (χ0) is 63.6. The molecule has 14 aromatic carbocycles. The summed E-state index contributed by atoms with van der Waals surface area (Å²) in [7, 11) is -6.31. The van der Waals surface area contributed by atoms with E-state index in [2.05, 4.69) is 365 Å². The molecule has 0 aliphatic heterocycles. The molecule has 0 fully saturated rings. The summed E-state index contributed by atoms with van der Waals surface area (Å²) in [5, 5.41) is 21.0. The molecule has 4 heterocycles. The van der Waals surface area contributed by atoms with Crippen LogP contribution < -0.4 is 31.1 Å². The summed E-state index contributed by atoms with van der Waals surface area (Å²) in [5.74, 6) is 8.09. The molecule has 0 spiro atoms. The highest BCUT2D eigenvalue weighted by Crippen LogP contribution is 2.42. The Hall–Kier alpha value is -12.4. The first-order valence-electron chi connectivity index (χ1n) is 32.7. The van der Waals surface area contributed by atoms with E-state index in [-0.39, 0.29) is 0 Å². The first-order valence-corrected chi connectivity index (χ1v) is 36.7. The van der Waals surface area contributed by atoms with Crippen molar-refractivity contribution >= 4 is 134 Å². The van der Waals surface area contributed by atoms with E-state index in [9.17, 15) is 0 Å². The van der Waals surface area contributed by atoms with Gasteiger partial charge in [-0.1, -0.05) is 315 Å². The number of fused-ring (bicyclic) bond motifs is 10. The third-order valence-electron chi connectivity index (χ3n) is 19.7. The van der Waals surface area contributed by atoms with Crippen LogP contribution in [-0.4, -0.2) is 35.2 Å². The Labute approximate surface area is 558 Å². The second kappa shape index (κ2) is 23.3. The Balaban J connectivity index is 0.785. The highest BCUT2D eigenvalue weighted by Gasteiger charge is 2.40. The lowest BCUT2D eigenvalue weighted by atomic mass is 9.95. The number of benzene rings is 14. The Morgan fingerprint density at radius 2 is 0.552 bits per heavy atom. The molecule has 96 heavy (non-hydrogen) atoms. The lowest BCUT2D eigenvalue weighted by molar-refractivity contribution is 1.16. The summed E-state index contributed by atoms with van der Waals surface area (Å²) in [4.78, 5) is 9.72. The van der Waals surface area contributed by atoms with E-state index >= 15 is 0 Å². The van der Waals surface area contributed by atoms with Gasteiger partial charge in [-0.15, -0.1) is 11.1 Å². The van der Waals surface area contributed by atoms with Gasteiger partial charge in [-0.2, -0.15) is 0 Å². The number of pyridine rings is 2. The van der Waals surface area contributed by atoms with E-state index in [1.807, 2.05) is 24.7 Å². The number of para-hydroxylation sites is 2. The molecular weight excluding hydrogens is 1190 g/mol. The monoisotopic (exact) mass is 1250 g/mol. The van der Waals surface area contributed by atoms with Crippen molar-refractivity contribution in [3.8, 4) is 45.4 Å². The number of rotatable bonds is 9. The Morgan fingerprint density at radius 3 is 0.969 bits per heavy atom. The van der Waals surface area contributed by atoms with Crippen LogP contribution in [0.5, 0.6) is 0 Å². The van der Waals surface area contributed by atoms with Crippen molar-refractivity contribution in [3.63, 3.8) is 0 Å². The molecule has 4 nitrogen and oxygen atoms in total. The van der Waals surface area contributed by atoms with Crippen molar-refractivity contribution in [1.29, 1.82) is 0 Å². The van der Waals surface area contributed by atoms with Gasteiger partial charge in [0.2, 0.25) is 16.1 Å². The van der Waals surface area contributed by atoms with Crippen molar-refractivity contribution in [1.82, 2.24) is 19.1 Å². The summed E-state index contributed by atoms with van der Waals surface area (Å²) in [6.07, 6.45) is 5.80. The van der Waals surface area contributed by atoms with Crippen molar-refractivity contribution in [2.75, 3.05) is 0 Å². The molecule has 0 unspecified atom stereocenters. The number of hydrogen-bond donors (Lipinski definition) is 0. The molecule has 0 N–H and O–H groups in total. The minimum absolute atomic E-state index is 0.933. The normalized spacial score (nSPS) is 11.8. The molecule has 4 aromatic heterocycles.